The Labute approximate surface area is 102 Å². The van der Waals surface area contributed by atoms with Gasteiger partial charge in [0.1, 0.15) is 0 Å². The predicted octanol–water partition coefficient (Wildman–Crippen LogP) is 2.42. The van der Waals surface area contributed by atoms with E-state index >= 15 is 0 Å². The van der Waals surface area contributed by atoms with E-state index in [0.717, 1.165) is 13.0 Å². The summed E-state index contributed by atoms with van der Waals surface area (Å²) in [5, 5.41) is 1.32. The summed E-state index contributed by atoms with van der Waals surface area (Å²) in [7, 11) is 5.94. The number of methoxy groups -OCH3 is 1. The van der Waals surface area contributed by atoms with Crippen LogP contribution in [0.25, 0.3) is 10.9 Å². The maximum absolute atomic E-state index is 5.17. The van der Waals surface area contributed by atoms with Crippen molar-refractivity contribution in [2.75, 3.05) is 27.7 Å². The van der Waals surface area contributed by atoms with Crippen molar-refractivity contribution >= 4 is 10.9 Å². The molecule has 17 heavy (non-hydrogen) atoms. The number of nitrogens with zero attached hydrogens (tertiary/aromatic N) is 1. The van der Waals surface area contributed by atoms with Crippen molar-refractivity contribution in [2.45, 2.75) is 13.0 Å². The summed E-state index contributed by atoms with van der Waals surface area (Å²) >= 11 is 0. The summed E-state index contributed by atoms with van der Waals surface area (Å²) in [6, 6.07) is 6.46. The van der Waals surface area contributed by atoms with Crippen LogP contribution < -0.4 is 0 Å². The lowest BCUT2D eigenvalue weighted by atomic mass is 10.1. The van der Waals surface area contributed by atoms with Gasteiger partial charge in [-0.1, -0.05) is 6.07 Å². The molecule has 3 nitrogen and oxygen atoms in total. The first-order valence-electron chi connectivity index (χ1n) is 5.93. The highest BCUT2D eigenvalue weighted by Crippen LogP contribution is 2.20. The van der Waals surface area contributed by atoms with Gasteiger partial charge in [0.2, 0.25) is 0 Å². The third kappa shape index (κ3) is 2.87. The normalized spacial score (nSPS) is 11.5. The second-order valence-corrected chi connectivity index (χ2v) is 4.68. The Hall–Kier alpha value is -1.32. The van der Waals surface area contributed by atoms with Gasteiger partial charge in [0.25, 0.3) is 0 Å². The fourth-order valence-electron chi connectivity index (χ4n) is 2.03. The molecule has 1 aromatic carbocycles. The molecule has 2 rings (SSSR count). The predicted molar refractivity (Wildman–Crippen MR) is 71.3 cm³/mol. The number of rotatable bonds is 5. The standard InChI is InChI=1S/C14H20N2O/c1-16(2)7-6-12-9-15-14-5-4-11(10-17-3)8-13(12)14/h4-5,8-9,15H,6-7,10H2,1-3H3. The van der Waals surface area contributed by atoms with Crippen molar-refractivity contribution in [1.82, 2.24) is 9.88 Å². The van der Waals surface area contributed by atoms with Gasteiger partial charge < -0.3 is 14.6 Å². The SMILES string of the molecule is COCc1ccc2[nH]cc(CCN(C)C)c2c1. The maximum atomic E-state index is 5.17. The lowest BCUT2D eigenvalue weighted by Crippen LogP contribution is -2.14. The van der Waals surface area contributed by atoms with Gasteiger partial charge >= 0.3 is 0 Å². The van der Waals surface area contributed by atoms with E-state index in [9.17, 15) is 0 Å². The number of benzene rings is 1. The Kier molecular flexibility index (Phi) is 3.82. The quantitative estimate of drug-likeness (QED) is 0.857. The fraction of sp³-hybridized carbons (Fsp3) is 0.429. The lowest BCUT2D eigenvalue weighted by molar-refractivity contribution is 0.185. The van der Waals surface area contributed by atoms with Gasteiger partial charge in [0, 0.05) is 30.8 Å². The molecule has 0 amide bonds. The number of aromatic nitrogens is 1. The third-order valence-electron chi connectivity index (χ3n) is 2.97. The molecular weight excluding hydrogens is 212 g/mol. The van der Waals surface area contributed by atoms with Crippen molar-refractivity contribution < 1.29 is 4.74 Å². The molecule has 92 valence electrons. The zero-order chi connectivity index (χ0) is 12.3. The highest BCUT2D eigenvalue weighted by molar-refractivity contribution is 5.83. The lowest BCUT2D eigenvalue weighted by Gasteiger charge is -2.08. The minimum atomic E-state index is 0.675. The number of nitrogens with one attached hydrogen (secondary N) is 1. The van der Waals surface area contributed by atoms with Crippen LogP contribution in [0.2, 0.25) is 0 Å². The maximum Gasteiger partial charge on any atom is 0.0713 e. The Balaban J connectivity index is 2.26. The van der Waals surface area contributed by atoms with E-state index in [1.807, 2.05) is 0 Å². The van der Waals surface area contributed by atoms with Gasteiger partial charge in [-0.25, -0.2) is 0 Å². The first-order valence-corrected chi connectivity index (χ1v) is 5.93. The van der Waals surface area contributed by atoms with E-state index < -0.39 is 0 Å². The van der Waals surface area contributed by atoms with Crippen LogP contribution >= 0.6 is 0 Å². The molecule has 3 heteroatoms. The average Bonchev–Trinajstić information content (AvgIpc) is 2.69. The van der Waals surface area contributed by atoms with Gasteiger partial charge in [0.05, 0.1) is 6.61 Å². The number of H-pyrrole nitrogens is 1. The minimum absolute atomic E-state index is 0.675. The summed E-state index contributed by atoms with van der Waals surface area (Å²) in [5.41, 5.74) is 3.82. The zero-order valence-corrected chi connectivity index (χ0v) is 10.8. The van der Waals surface area contributed by atoms with E-state index in [4.69, 9.17) is 4.74 Å². The minimum Gasteiger partial charge on any atom is -0.380 e. The van der Waals surface area contributed by atoms with Crippen molar-refractivity contribution in [3.05, 3.63) is 35.5 Å². The van der Waals surface area contributed by atoms with Crippen LogP contribution in [0, 0.1) is 0 Å². The van der Waals surface area contributed by atoms with E-state index in [-0.39, 0.29) is 0 Å². The fourth-order valence-corrected chi connectivity index (χ4v) is 2.03. The molecule has 0 spiro atoms. The second-order valence-electron chi connectivity index (χ2n) is 4.68. The molecule has 0 aliphatic rings. The van der Waals surface area contributed by atoms with Crippen LogP contribution in [0.5, 0.6) is 0 Å². The number of ether oxygens (including phenoxy) is 1. The zero-order valence-electron chi connectivity index (χ0n) is 10.8. The Bertz CT molecular complexity index is 488. The molecule has 0 radical (unpaired) electrons. The molecular formula is C14H20N2O. The topological polar surface area (TPSA) is 28.3 Å². The highest BCUT2D eigenvalue weighted by Gasteiger charge is 2.05. The number of hydrogen-bond acceptors (Lipinski definition) is 2. The first kappa shape index (κ1) is 12.1. The van der Waals surface area contributed by atoms with Crippen LogP contribution in [-0.2, 0) is 17.8 Å². The van der Waals surface area contributed by atoms with E-state index in [1.54, 1.807) is 7.11 Å². The van der Waals surface area contributed by atoms with E-state index in [0.29, 0.717) is 6.61 Å². The Morgan fingerprint density at radius 2 is 2.12 bits per heavy atom. The summed E-state index contributed by atoms with van der Waals surface area (Å²) in [6.07, 6.45) is 3.19. The molecule has 0 saturated heterocycles. The Morgan fingerprint density at radius 3 is 2.82 bits per heavy atom. The van der Waals surface area contributed by atoms with Crippen LogP contribution in [0.15, 0.2) is 24.4 Å². The highest BCUT2D eigenvalue weighted by atomic mass is 16.5. The molecule has 2 aromatic rings. The van der Waals surface area contributed by atoms with Crippen LogP contribution in [0.1, 0.15) is 11.1 Å². The molecule has 0 aliphatic heterocycles. The van der Waals surface area contributed by atoms with Gasteiger partial charge in [-0.2, -0.15) is 0 Å². The van der Waals surface area contributed by atoms with Crippen molar-refractivity contribution in [1.29, 1.82) is 0 Å². The Morgan fingerprint density at radius 1 is 1.29 bits per heavy atom. The summed E-state index contributed by atoms with van der Waals surface area (Å²) in [5.74, 6) is 0. The molecule has 1 aromatic heterocycles. The summed E-state index contributed by atoms with van der Waals surface area (Å²) in [4.78, 5) is 5.53. The average molecular weight is 232 g/mol. The molecule has 0 fully saturated rings. The molecule has 1 heterocycles. The number of aromatic amines is 1. The summed E-state index contributed by atoms with van der Waals surface area (Å²) in [6.45, 7) is 1.75. The van der Waals surface area contributed by atoms with E-state index in [1.165, 1.54) is 22.0 Å². The number of hydrogen-bond donors (Lipinski definition) is 1. The molecule has 0 aliphatic carbocycles. The molecule has 0 unspecified atom stereocenters. The van der Waals surface area contributed by atoms with Crippen molar-refractivity contribution in [3.8, 4) is 0 Å². The molecule has 1 N–H and O–H groups in total. The first-order chi connectivity index (χ1) is 8.20. The van der Waals surface area contributed by atoms with Crippen LogP contribution in [-0.4, -0.2) is 37.6 Å². The summed E-state index contributed by atoms with van der Waals surface area (Å²) < 4.78 is 5.17. The number of fused-ring (bicyclic) bond motifs is 1. The van der Waals surface area contributed by atoms with Gasteiger partial charge in [0.15, 0.2) is 0 Å². The third-order valence-corrected chi connectivity index (χ3v) is 2.97. The van der Waals surface area contributed by atoms with Gasteiger partial charge in [-0.15, -0.1) is 0 Å². The molecule has 0 atom stereocenters. The molecule has 0 saturated carbocycles. The monoisotopic (exact) mass is 232 g/mol. The van der Waals surface area contributed by atoms with E-state index in [2.05, 4.69) is 48.4 Å². The van der Waals surface area contributed by atoms with Crippen molar-refractivity contribution in [2.24, 2.45) is 0 Å². The van der Waals surface area contributed by atoms with Crippen LogP contribution in [0.3, 0.4) is 0 Å². The van der Waals surface area contributed by atoms with Crippen molar-refractivity contribution in [3.63, 3.8) is 0 Å². The number of likely N-dealkylation sites (N-methyl/N-ethyl adjacent to an activating group) is 1. The molecule has 0 bridgehead atoms. The smallest absolute Gasteiger partial charge is 0.0713 e. The second kappa shape index (κ2) is 5.34. The van der Waals surface area contributed by atoms with Gasteiger partial charge in [-0.05, 0) is 43.8 Å². The van der Waals surface area contributed by atoms with Gasteiger partial charge in [-0.3, -0.25) is 0 Å². The largest absolute Gasteiger partial charge is 0.380 e. The van der Waals surface area contributed by atoms with Crippen LogP contribution in [0.4, 0.5) is 0 Å².